The summed E-state index contributed by atoms with van der Waals surface area (Å²) in [4.78, 5) is 68.2. The smallest absolute Gasteiger partial charge is 0.437 e. The molecule has 0 aliphatic rings. The van der Waals surface area contributed by atoms with Crippen molar-refractivity contribution < 1.29 is 38.1 Å². The molecule has 0 spiro atoms. The summed E-state index contributed by atoms with van der Waals surface area (Å²) < 4.78 is 25.3. The first kappa shape index (κ1) is 46.1. The van der Waals surface area contributed by atoms with Gasteiger partial charge in [0.1, 0.15) is 34.1 Å². The molecule has 330 valence electrons. The van der Waals surface area contributed by atoms with E-state index in [0.717, 1.165) is 22.2 Å². The first-order valence-corrected chi connectivity index (χ1v) is 19.8. The number of aromatic nitrogens is 4. The molecule has 0 saturated heterocycles. The number of nitrogens with one attached hydrogen (secondary N) is 4. The van der Waals surface area contributed by atoms with Gasteiger partial charge in [-0.1, -0.05) is 24.3 Å². The van der Waals surface area contributed by atoms with Crippen molar-refractivity contribution in [1.29, 1.82) is 0 Å². The molecule has 5 aromatic rings. The maximum Gasteiger partial charge on any atom is 0.437 e. The fourth-order valence-corrected chi connectivity index (χ4v) is 5.82. The summed E-state index contributed by atoms with van der Waals surface area (Å²) in [5.74, 6) is 1.05. The Morgan fingerprint density at radius 1 is 0.500 bits per heavy atom. The molecule has 62 heavy (non-hydrogen) atoms. The van der Waals surface area contributed by atoms with Crippen LogP contribution >= 0.6 is 0 Å². The van der Waals surface area contributed by atoms with Gasteiger partial charge in [-0.2, -0.15) is 0 Å². The summed E-state index contributed by atoms with van der Waals surface area (Å²) in [6.07, 6.45) is -3.39. The van der Waals surface area contributed by atoms with Crippen LogP contribution in [0, 0.1) is 0 Å². The summed E-state index contributed by atoms with van der Waals surface area (Å²) >= 11 is 0. The maximum absolute atomic E-state index is 12.6. The molecule has 0 aliphatic carbocycles. The van der Waals surface area contributed by atoms with Gasteiger partial charge in [0.05, 0.1) is 22.1 Å². The topological polar surface area (TPSA) is 214 Å². The van der Waals surface area contributed by atoms with Gasteiger partial charge in [-0.15, -0.1) is 9.98 Å². The van der Waals surface area contributed by atoms with Gasteiger partial charge in [-0.3, -0.25) is 10.6 Å². The minimum absolute atomic E-state index is 0.174. The van der Waals surface area contributed by atoms with E-state index in [-0.39, 0.29) is 11.9 Å². The highest BCUT2D eigenvalue weighted by Gasteiger charge is 2.23. The minimum Gasteiger partial charge on any atom is -0.444 e. The van der Waals surface area contributed by atoms with Gasteiger partial charge in [0.15, 0.2) is 0 Å². The van der Waals surface area contributed by atoms with E-state index in [2.05, 4.69) is 31.3 Å². The number of guanidine groups is 2. The number of hydrogen-bond acceptors (Lipinski definition) is 10. The van der Waals surface area contributed by atoms with E-state index in [1.807, 2.05) is 71.8 Å². The zero-order valence-corrected chi connectivity index (χ0v) is 37.7. The van der Waals surface area contributed by atoms with Gasteiger partial charge in [0.25, 0.3) is 0 Å². The molecule has 18 nitrogen and oxygen atoms in total. The molecule has 4 amide bonds. The maximum atomic E-state index is 12.6. The zero-order chi connectivity index (χ0) is 45.9. The number of alkyl carbamates (subject to hydrolysis) is 2. The van der Waals surface area contributed by atoms with E-state index in [9.17, 15) is 19.2 Å². The highest BCUT2D eigenvalue weighted by atomic mass is 16.6. The van der Waals surface area contributed by atoms with Crippen LogP contribution in [0.2, 0.25) is 0 Å². The lowest BCUT2D eigenvalue weighted by atomic mass is 10.1. The van der Waals surface area contributed by atoms with Crippen LogP contribution in [0.25, 0.3) is 44.8 Å². The van der Waals surface area contributed by atoms with Crippen LogP contribution in [-0.4, -0.2) is 77.8 Å². The van der Waals surface area contributed by atoms with Crippen LogP contribution in [0.4, 0.5) is 30.6 Å². The number of anilines is 2. The molecular weight excluding hydrogens is 797 g/mol. The van der Waals surface area contributed by atoms with Crippen molar-refractivity contribution in [2.24, 2.45) is 24.1 Å². The van der Waals surface area contributed by atoms with Gasteiger partial charge < -0.3 is 38.7 Å². The highest BCUT2D eigenvalue weighted by Crippen LogP contribution is 2.30. The van der Waals surface area contributed by atoms with Crippen LogP contribution in [0.1, 0.15) is 83.1 Å². The Kier molecular flexibility index (Phi) is 13.0. The molecule has 0 radical (unpaired) electrons. The van der Waals surface area contributed by atoms with Crippen molar-refractivity contribution in [3.05, 3.63) is 60.7 Å². The normalized spacial score (nSPS) is 12.8. The predicted octanol–water partition coefficient (Wildman–Crippen LogP) is 9.25. The Hall–Kier alpha value is -6.98. The monoisotopic (exact) mass is 852 g/mol. The largest absolute Gasteiger partial charge is 0.444 e. The summed E-state index contributed by atoms with van der Waals surface area (Å²) in [7, 11) is 3.78. The third-order valence-electron chi connectivity index (χ3n) is 8.12. The van der Waals surface area contributed by atoms with Crippen LogP contribution in [0.5, 0.6) is 0 Å². The molecule has 18 heteroatoms. The number of imidazole rings is 2. The van der Waals surface area contributed by atoms with Crippen LogP contribution in [0.15, 0.2) is 70.6 Å². The molecule has 3 aromatic carbocycles. The Bertz CT molecular complexity index is 2380. The van der Waals surface area contributed by atoms with E-state index >= 15 is 0 Å². The number of benzene rings is 3. The number of fused-ring (bicyclic) bond motifs is 2. The molecule has 0 saturated carbocycles. The molecule has 2 aromatic heterocycles. The van der Waals surface area contributed by atoms with Gasteiger partial charge in [-0.05, 0) is 119 Å². The van der Waals surface area contributed by atoms with Gasteiger partial charge in [0.2, 0.25) is 11.9 Å². The average Bonchev–Trinajstić information content (AvgIpc) is 3.60. The molecule has 0 fully saturated rings. The molecular formula is C44H56N10O8. The summed E-state index contributed by atoms with van der Waals surface area (Å²) in [6, 6.07) is 18.6. The van der Waals surface area contributed by atoms with Crippen molar-refractivity contribution in [3.8, 4) is 22.8 Å². The molecule has 0 bridgehead atoms. The number of ether oxygens (including phenoxy) is 4. The van der Waals surface area contributed by atoms with Gasteiger partial charge >= 0.3 is 24.4 Å². The van der Waals surface area contributed by atoms with Crippen LogP contribution < -0.4 is 21.3 Å². The summed E-state index contributed by atoms with van der Waals surface area (Å²) in [6.45, 7) is 20.6. The third kappa shape index (κ3) is 13.0. The number of rotatable bonds is 4. The van der Waals surface area contributed by atoms with Crippen molar-refractivity contribution in [2.45, 2.75) is 105 Å². The zero-order valence-electron chi connectivity index (χ0n) is 37.7. The average molecular weight is 853 g/mol. The fraction of sp³-hybridized carbons (Fsp3) is 0.409. The van der Waals surface area contributed by atoms with E-state index in [1.165, 1.54) is 0 Å². The highest BCUT2D eigenvalue weighted by molar-refractivity contribution is 6.07. The fourth-order valence-electron chi connectivity index (χ4n) is 5.82. The third-order valence-corrected chi connectivity index (χ3v) is 8.12. The molecule has 0 atom stereocenters. The van der Waals surface area contributed by atoms with Crippen molar-refractivity contribution in [3.63, 3.8) is 0 Å². The second kappa shape index (κ2) is 17.6. The van der Waals surface area contributed by atoms with E-state index in [0.29, 0.717) is 34.1 Å². The Balaban J connectivity index is 1.38. The van der Waals surface area contributed by atoms with E-state index in [1.54, 1.807) is 95.2 Å². The number of aliphatic imine (C=N–C) groups is 2. The molecule has 0 aliphatic heterocycles. The summed E-state index contributed by atoms with van der Waals surface area (Å²) in [5, 5.41) is 11.0. The second-order valence-electron chi connectivity index (χ2n) is 18.4. The number of hydrogen-bond donors (Lipinski definition) is 4. The second-order valence-corrected chi connectivity index (χ2v) is 18.4. The predicted molar refractivity (Wildman–Crippen MR) is 239 cm³/mol. The van der Waals surface area contributed by atoms with E-state index in [4.69, 9.17) is 28.9 Å². The molecule has 4 N–H and O–H groups in total. The Labute approximate surface area is 360 Å². The van der Waals surface area contributed by atoms with E-state index < -0.39 is 46.8 Å². The van der Waals surface area contributed by atoms with Crippen molar-refractivity contribution >= 4 is 69.7 Å². The van der Waals surface area contributed by atoms with Crippen molar-refractivity contribution in [1.82, 2.24) is 29.7 Å². The minimum atomic E-state index is -0.894. The first-order valence-electron chi connectivity index (χ1n) is 19.8. The van der Waals surface area contributed by atoms with Crippen LogP contribution in [0.3, 0.4) is 0 Å². The number of aryl methyl sites for hydroxylation is 2. The molecule has 0 unspecified atom stereocenters. The summed E-state index contributed by atoms with van der Waals surface area (Å²) in [5.41, 5.74) is 2.53. The van der Waals surface area contributed by atoms with Crippen molar-refractivity contribution in [2.75, 3.05) is 10.6 Å². The number of carbonyl (C=O) groups excluding carboxylic acids is 4. The SMILES string of the molecule is Cn1c(-c2ccc(-c3nc4ccc(N/C(=N\C(=O)OC(C)(C)C)NC(=O)OC(C)(C)C)cc4n3C)cc2)nc2ccc(N/C(=N/C(=O)OC(C)(C)C)NC(=O)OC(C)(C)C)cc21. The standard InChI is InChI=1S/C44H56N10O8/c1-41(2,3)59-37(55)49-35(50-38(56)60-42(4,5)6)45-27-19-21-29-31(23-27)53(13)33(47-29)25-15-17-26(18-16-25)34-48-30-22-20-28(24-32(30)54(34)14)46-36(51-39(57)61-43(7,8)9)52-40(58)62-44(10,11)12/h15-24H,1-14H3,(H2,45,49,50,55,56)(H2,46,51,52,57,58). The first-order chi connectivity index (χ1) is 28.6. The quantitative estimate of drug-likeness (QED) is 0.0757. The number of nitrogens with zero attached hydrogens (tertiary/aromatic N) is 6. The number of carbonyl (C=O) groups is 4. The lowest BCUT2D eigenvalue weighted by molar-refractivity contribution is 0.0545. The molecule has 5 rings (SSSR count). The Morgan fingerprint density at radius 3 is 1.13 bits per heavy atom. The lowest BCUT2D eigenvalue weighted by Gasteiger charge is -2.21. The number of amides is 4. The Morgan fingerprint density at radius 2 is 0.823 bits per heavy atom. The molecule has 2 heterocycles. The van der Waals surface area contributed by atoms with Gasteiger partial charge in [-0.25, -0.2) is 29.1 Å². The van der Waals surface area contributed by atoms with Gasteiger partial charge in [0, 0.05) is 36.6 Å². The van der Waals surface area contributed by atoms with Crippen LogP contribution in [-0.2, 0) is 33.0 Å². The lowest BCUT2D eigenvalue weighted by Crippen LogP contribution is -2.40.